The number of rotatable bonds is 37. The summed E-state index contributed by atoms with van der Waals surface area (Å²) in [7, 11) is -2.49. The third kappa shape index (κ3) is 18.1. The molecule has 0 spiro atoms. The maximum Gasteiger partial charge on any atom is 0.315 e. The van der Waals surface area contributed by atoms with Crippen LogP contribution in [0.15, 0.2) is 67.4 Å². The van der Waals surface area contributed by atoms with Gasteiger partial charge in [-0.15, -0.1) is 0 Å². The van der Waals surface area contributed by atoms with E-state index in [2.05, 4.69) is 67.0 Å². The van der Waals surface area contributed by atoms with Crippen molar-refractivity contribution in [2.45, 2.75) is 130 Å². The number of urea groups is 1. The second kappa shape index (κ2) is 30.1. The van der Waals surface area contributed by atoms with Crippen molar-refractivity contribution in [3.63, 3.8) is 0 Å². The Bertz CT molecular complexity index is 2860. The average molecular weight is 1200 g/mol. The number of unbranched alkanes of at least 4 members (excludes halogenated alkanes) is 1. The maximum atomic E-state index is 14.6. The largest absolute Gasteiger partial charge is 0.497 e. The van der Waals surface area contributed by atoms with E-state index in [0.717, 1.165) is 36.5 Å². The molecule has 4 fully saturated rings. The Kier molecular flexibility index (Phi) is 23.2. The molecular formula is C56H78N10O15S2. The molecule has 5 aliphatic rings. The lowest BCUT2D eigenvalue weighted by Crippen LogP contribution is -2.60. The molecule has 1 aromatic heterocycles. The first-order chi connectivity index (χ1) is 39.9. The second-order valence-electron chi connectivity index (χ2n) is 21.2. The van der Waals surface area contributed by atoms with Gasteiger partial charge in [-0.1, -0.05) is 25.7 Å². The molecule has 0 bridgehead atoms. The third-order valence-electron chi connectivity index (χ3n) is 14.8. The number of hydrogen-bond acceptors (Lipinski definition) is 17. The van der Waals surface area contributed by atoms with E-state index in [0.29, 0.717) is 101 Å². The van der Waals surface area contributed by atoms with Crippen LogP contribution in [0.25, 0.3) is 10.8 Å². The van der Waals surface area contributed by atoms with E-state index in [9.17, 15) is 46.8 Å². The number of methoxy groups -OCH3 is 1. The van der Waals surface area contributed by atoms with Crippen LogP contribution in [0.4, 0.5) is 4.79 Å². The quantitative estimate of drug-likeness (QED) is 0.0269. The molecule has 7 atom stereocenters. The van der Waals surface area contributed by atoms with Gasteiger partial charge in [0.25, 0.3) is 5.91 Å². The highest BCUT2D eigenvalue weighted by molar-refractivity contribution is 8.00. The topological polar surface area (TPSA) is 329 Å². The molecule has 0 unspecified atom stereocenters. The summed E-state index contributed by atoms with van der Waals surface area (Å²) in [6, 6.07) is 4.28. The molecule has 83 heavy (non-hydrogen) atoms. The minimum Gasteiger partial charge on any atom is -0.497 e. The molecule has 2 aromatic rings. The third-order valence-corrected chi connectivity index (χ3v) is 18.3. The lowest BCUT2D eigenvalue weighted by Gasteiger charge is -2.30. The number of nitrogens with zero attached hydrogens (tertiary/aromatic N) is 2. The summed E-state index contributed by atoms with van der Waals surface area (Å²) in [6.07, 6.45) is 9.26. The fraction of sp³-hybridized carbons (Fsp3) is 0.589. The number of carbonyl (C=O) groups excluding carboxylic acids is 8. The normalized spacial score (nSPS) is 22.7. The molecule has 3 saturated heterocycles. The Morgan fingerprint density at radius 3 is 2.20 bits per heavy atom. The van der Waals surface area contributed by atoms with Gasteiger partial charge in [-0.3, -0.25) is 38.3 Å². The molecule has 27 heteroatoms. The number of pyridine rings is 1. The van der Waals surface area contributed by atoms with Crippen molar-refractivity contribution in [1.82, 2.24) is 51.8 Å². The molecule has 4 heterocycles. The molecule has 9 amide bonds. The Morgan fingerprint density at radius 2 is 1.55 bits per heavy atom. The van der Waals surface area contributed by atoms with Gasteiger partial charge in [0.15, 0.2) is 5.54 Å². The Balaban J connectivity index is 0.786. The summed E-state index contributed by atoms with van der Waals surface area (Å²) in [5, 5.41) is 20.6. The lowest BCUT2D eigenvalue weighted by molar-refractivity contribution is -0.142. The van der Waals surface area contributed by atoms with Crippen molar-refractivity contribution in [3.05, 3.63) is 67.4 Å². The summed E-state index contributed by atoms with van der Waals surface area (Å²) in [5.74, 6) is -2.50. The standard InChI is InChI=1S/C56H78N10O15S2/c1-5-37-32-56(37,53(73)65-83(75,76)40-17-18-40)63-50(71)43-31-39(81-51-41-19-16-38(77-4)30-36(41)20-23-59-51)34-66(43)52(72)42(33-60-45(67)6-2)61-48(70)15-9-14-47(69)58-22-11-25-79-27-29-80-28-26-78-24-10-21-57-46(68)13-8-7-12-44-49-55(3,35-82-44)64-54(74)62-49/h5-6,16,19-20,23,30,32,39-40,42-44,49H,1-2,7-15,17-18,21-22,24-29,31,33-35H2,3-4H3,(H,57,68)(H,58,69)(H,60,67)(H,61,70)(H,63,71)(H,65,73)(H2,62,64,74)/t39-,42+,43+,44+,49-,55+,56-/m1/s1. The molecule has 0 radical (unpaired) electrons. The number of amides is 9. The number of likely N-dealkylation sites (tertiary alicyclic amines) is 1. The van der Waals surface area contributed by atoms with Gasteiger partial charge in [-0.05, 0) is 99.2 Å². The number of thioether (sulfide) groups is 1. The molecule has 8 N–H and O–H groups in total. The Hall–Kier alpha value is -6.81. The van der Waals surface area contributed by atoms with Crippen molar-refractivity contribution >= 4 is 79.9 Å². The number of benzene rings is 1. The van der Waals surface area contributed by atoms with Crippen molar-refractivity contribution in [2.75, 3.05) is 78.7 Å². The van der Waals surface area contributed by atoms with Gasteiger partial charge >= 0.3 is 6.03 Å². The number of sulfonamides is 1. The first-order valence-electron chi connectivity index (χ1n) is 28.2. The van der Waals surface area contributed by atoms with Crippen LogP contribution in [-0.4, -0.2) is 190 Å². The highest BCUT2D eigenvalue weighted by Gasteiger charge is 2.55. The van der Waals surface area contributed by atoms with Gasteiger partial charge in [-0.25, -0.2) is 18.2 Å². The van der Waals surface area contributed by atoms with E-state index in [1.807, 2.05) is 11.8 Å². The van der Waals surface area contributed by atoms with E-state index in [1.54, 1.807) is 24.3 Å². The molecule has 1 aromatic carbocycles. The van der Waals surface area contributed by atoms with E-state index >= 15 is 0 Å². The number of ether oxygens (including phenoxy) is 5. The highest BCUT2D eigenvalue weighted by atomic mass is 32.2. The van der Waals surface area contributed by atoms with Crippen LogP contribution in [0.5, 0.6) is 11.6 Å². The van der Waals surface area contributed by atoms with E-state index in [4.69, 9.17) is 23.7 Å². The first-order valence-corrected chi connectivity index (χ1v) is 30.8. The summed E-state index contributed by atoms with van der Waals surface area (Å²) >= 11 is 1.88. The van der Waals surface area contributed by atoms with Crippen LogP contribution in [0.3, 0.4) is 0 Å². The number of fused-ring (bicyclic) bond motifs is 2. The van der Waals surface area contributed by atoms with Crippen LogP contribution in [0.1, 0.15) is 84.0 Å². The van der Waals surface area contributed by atoms with E-state index in [1.165, 1.54) is 30.4 Å². The van der Waals surface area contributed by atoms with Gasteiger partial charge in [0.1, 0.15) is 23.9 Å². The molecule has 7 rings (SSSR count). The Morgan fingerprint density at radius 1 is 0.880 bits per heavy atom. The number of hydrogen-bond donors (Lipinski definition) is 8. The predicted octanol–water partition coefficient (Wildman–Crippen LogP) is 1.32. The SMILES string of the molecule is C=CC(=O)NC[C@H](NC(=O)CCCC(=O)NCCCOCCOCCOCCCNC(=O)CCCC[C@@H]1SC[C@]2(C)NC(=O)N[C@H]12)C(=O)N1C[C@H](Oc2nccc3cc(OC)ccc23)C[C@H]1C(=O)N[C@]1(C(=O)NS(=O)(=O)C2CC2)C=C1C=C. The van der Waals surface area contributed by atoms with Crippen molar-refractivity contribution in [3.8, 4) is 11.6 Å². The predicted molar refractivity (Wildman–Crippen MR) is 307 cm³/mol. The van der Waals surface area contributed by atoms with E-state index in [-0.39, 0.29) is 73.1 Å². The van der Waals surface area contributed by atoms with Gasteiger partial charge in [0.2, 0.25) is 51.3 Å². The summed E-state index contributed by atoms with van der Waals surface area (Å²) in [4.78, 5) is 111. The minimum atomic E-state index is -4.02. The van der Waals surface area contributed by atoms with Crippen molar-refractivity contribution < 1.29 is 70.5 Å². The fourth-order valence-electron chi connectivity index (χ4n) is 10.0. The number of nitrogens with one attached hydrogen (secondary N) is 8. The van der Waals surface area contributed by atoms with Crippen LogP contribution in [0, 0.1) is 0 Å². The van der Waals surface area contributed by atoms with Crippen LogP contribution in [0.2, 0.25) is 0 Å². The smallest absolute Gasteiger partial charge is 0.315 e. The molecule has 2 aliphatic carbocycles. The van der Waals surface area contributed by atoms with Gasteiger partial charge < -0.3 is 65.8 Å². The minimum absolute atomic E-state index is 0.00620. The Labute approximate surface area is 487 Å². The molecule has 1 saturated carbocycles. The summed E-state index contributed by atoms with van der Waals surface area (Å²) < 4.78 is 56.2. The van der Waals surface area contributed by atoms with Gasteiger partial charge in [0.05, 0.1) is 56.9 Å². The monoisotopic (exact) mass is 1190 g/mol. The van der Waals surface area contributed by atoms with E-state index < -0.39 is 75.1 Å². The van der Waals surface area contributed by atoms with Crippen molar-refractivity contribution in [1.29, 1.82) is 0 Å². The molecule has 454 valence electrons. The zero-order valence-corrected chi connectivity index (χ0v) is 48.7. The molecule has 25 nitrogen and oxygen atoms in total. The lowest BCUT2D eigenvalue weighted by atomic mass is 9.92. The van der Waals surface area contributed by atoms with Gasteiger partial charge in [0, 0.05) is 81.1 Å². The summed E-state index contributed by atoms with van der Waals surface area (Å²) in [5.41, 5.74) is -1.82. The fourth-order valence-corrected chi connectivity index (χ4v) is 13.1. The van der Waals surface area contributed by atoms with Crippen LogP contribution >= 0.6 is 11.8 Å². The zero-order chi connectivity index (χ0) is 59.6. The maximum absolute atomic E-state index is 14.6. The van der Waals surface area contributed by atoms with Crippen LogP contribution < -0.4 is 51.4 Å². The molecular weight excluding hydrogens is 1120 g/mol. The molecule has 3 aliphatic heterocycles. The van der Waals surface area contributed by atoms with Crippen molar-refractivity contribution in [2.24, 2.45) is 0 Å². The second-order valence-corrected chi connectivity index (χ2v) is 24.4. The summed E-state index contributed by atoms with van der Waals surface area (Å²) in [6.45, 7) is 11.8. The zero-order valence-electron chi connectivity index (χ0n) is 47.1. The first kappa shape index (κ1) is 63.8. The number of aromatic nitrogens is 1. The van der Waals surface area contributed by atoms with Crippen LogP contribution in [-0.2, 0) is 57.8 Å². The number of carbonyl (C=O) groups is 8. The average Bonchev–Trinajstić information content (AvgIpc) is 4.54. The highest BCUT2D eigenvalue weighted by Crippen LogP contribution is 2.40. The van der Waals surface area contributed by atoms with Gasteiger partial charge in [-0.2, -0.15) is 11.8 Å².